The topological polar surface area (TPSA) is 105 Å². The number of piperazine rings is 1. The first kappa shape index (κ1) is 28.2. The largest absolute Gasteiger partial charge is 0.399 e. The fourth-order valence-corrected chi connectivity index (χ4v) is 6.27. The van der Waals surface area contributed by atoms with Gasteiger partial charge in [0.25, 0.3) is 15.9 Å². The zero-order valence-electron chi connectivity index (χ0n) is 22.4. The number of hydrogen-bond donors (Lipinski definition) is 2. The number of sulfonamides is 1. The third kappa shape index (κ3) is 6.50. The van der Waals surface area contributed by atoms with Gasteiger partial charge in [-0.3, -0.25) is 9.69 Å². The molecule has 40 heavy (non-hydrogen) atoms. The molecule has 0 aromatic heterocycles. The van der Waals surface area contributed by atoms with E-state index in [0.717, 1.165) is 56.5 Å². The summed E-state index contributed by atoms with van der Waals surface area (Å²) in [4.78, 5) is 17.4. The number of halogens is 1. The zero-order valence-corrected chi connectivity index (χ0v) is 24.0. The lowest BCUT2D eigenvalue weighted by atomic mass is 9.95. The molecule has 0 radical (unpaired) electrons. The van der Waals surface area contributed by atoms with Crippen LogP contribution in [0.3, 0.4) is 0 Å². The highest BCUT2D eigenvalue weighted by Crippen LogP contribution is 2.28. The van der Waals surface area contributed by atoms with Crippen molar-refractivity contribution in [1.29, 1.82) is 0 Å². The van der Waals surface area contributed by atoms with Crippen molar-refractivity contribution in [2.75, 3.05) is 56.6 Å². The Morgan fingerprint density at radius 3 is 2.38 bits per heavy atom. The molecule has 2 aliphatic rings. The summed E-state index contributed by atoms with van der Waals surface area (Å²) in [6.45, 7) is 7.47. The van der Waals surface area contributed by atoms with Gasteiger partial charge in [0, 0.05) is 54.7 Å². The quantitative estimate of drug-likeness (QED) is 0.400. The number of anilines is 2. The van der Waals surface area contributed by atoms with E-state index in [9.17, 15) is 13.2 Å². The summed E-state index contributed by atoms with van der Waals surface area (Å²) in [5.74, 6) is -0.676. The van der Waals surface area contributed by atoms with Crippen LogP contribution in [0.25, 0.3) is 5.57 Å². The Hall–Kier alpha value is -3.37. The number of nitrogen functional groups attached to an aromatic ring is 1. The second-order valence-electron chi connectivity index (χ2n) is 10.2. The summed E-state index contributed by atoms with van der Waals surface area (Å²) in [6.07, 6.45) is 0.901. The van der Waals surface area contributed by atoms with Gasteiger partial charge in [-0.05, 0) is 90.2 Å². The van der Waals surface area contributed by atoms with Gasteiger partial charge in [0.15, 0.2) is 0 Å². The molecule has 1 fully saturated rings. The normalized spacial score (nSPS) is 16.7. The average Bonchev–Trinajstić information content (AvgIpc) is 2.95. The minimum atomic E-state index is -4.01. The van der Waals surface area contributed by atoms with Gasteiger partial charge in [-0.2, -0.15) is 0 Å². The lowest BCUT2D eigenvalue weighted by Gasteiger charge is -2.37. The number of amides is 1. The van der Waals surface area contributed by atoms with Gasteiger partial charge in [-0.1, -0.05) is 23.7 Å². The Balaban J connectivity index is 1.18. The van der Waals surface area contributed by atoms with Crippen molar-refractivity contribution in [1.82, 2.24) is 9.62 Å². The molecule has 0 atom stereocenters. The van der Waals surface area contributed by atoms with Gasteiger partial charge in [0.1, 0.15) is 0 Å². The molecule has 210 valence electrons. The molecule has 0 spiro atoms. The molecule has 0 bridgehead atoms. The van der Waals surface area contributed by atoms with Crippen molar-refractivity contribution in [2.24, 2.45) is 0 Å². The lowest BCUT2D eigenvalue weighted by Crippen LogP contribution is -2.47. The highest BCUT2D eigenvalue weighted by atomic mass is 35.5. The molecule has 5 rings (SSSR count). The average molecular weight is 581 g/mol. The number of nitrogens with zero attached hydrogens (tertiary/aromatic N) is 2. The van der Waals surface area contributed by atoms with Crippen LogP contribution in [0.4, 0.5) is 11.4 Å². The number of rotatable bonds is 7. The van der Waals surface area contributed by atoms with Crippen LogP contribution in [-0.4, -0.2) is 65.2 Å². The molecule has 1 amide bonds. The maximum Gasteiger partial charge on any atom is 0.264 e. The second kappa shape index (κ2) is 12.0. The number of carbonyl (C=O) groups excluding carboxylic acids is 1. The first-order valence-corrected chi connectivity index (χ1v) is 15.1. The maximum absolute atomic E-state index is 12.7. The third-order valence-corrected chi connectivity index (χ3v) is 9.03. The van der Waals surface area contributed by atoms with Crippen molar-refractivity contribution in [3.05, 3.63) is 94.0 Å². The predicted molar refractivity (Wildman–Crippen MR) is 159 cm³/mol. The minimum absolute atomic E-state index is 0.00196. The van der Waals surface area contributed by atoms with Crippen molar-refractivity contribution < 1.29 is 17.9 Å². The van der Waals surface area contributed by atoms with Crippen molar-refractivity contribution in [3.8, 4) is 0 Å². The molecule has 0 saturated carbocycles. The highest BCUT2D eigenvalue weighted by molar-refractivity contribution is 7.90. The first-order valence-electron chi connectivity index (χ1n) is 13.2. The zero-order chi connectivity index (χ0) is 28.3. The molecule has 1 saturated heterocycles. The molecular formula is C30H33ClN4O4S. The van der Waals surface area contributed by atoms with Gasteiger partial charge >= 0.3 is 0 Å². The summed E-state index contributed by atoms with van der Waals surface area (Å²) in [5.41, 5.74) is 12.1. The number of ether oxygens (including phenoxy) is 1. The van der Waals surface area contributed by atoms with Crippen LogP contribution in [0.15, 0.2) is 77.2 Å². The number of nitrogens with one attached hydrogen (secondary N) is 1. The first-order chi connectivity index (χ1) is 19.2. The summed E-state index contributed by atoms with van der Waals surface area (Å²) < 4.78 is 33.3. The van der Waals surface area contributed by atoms with Crippen molar-refractivity contribution in [3.63, 3.8) is 0 Å². The van der Waals surface area contributed by atoms with E-state index in [1.165, 1.54) is 34.9 Å². The Morgan fingerprint density at radius 1 is 1.00 bits per heavy atom. The van der Waals surface area contributed by atoms with Crippen LogP contribution in [0.5, 0.6) is 0 Å². The van der Waals surface area contributed by atoms with Crippen LogP contribution < -0.4 is 15.4 Å². The molecule has 8 nitrogen and oxygen atoms in total. The minimum Gasteiger partial charge on any atom is -0.399 e. The van der Waals surface area contributed by atoms with Crippen LogP contribution in [0.2, 0.25) is 5.02 Å². The monoisotopic (exact) mass is 580 g/mol. The van der Waals surface area contributed by atoms with E-state index in [0.29, 0.717) is 17.9 Å². The summed E-state index contributed by atoms with van der Waals surface area (Å²) in [7, 11) is -4.01. The van der Waals surface area contributed by atoms with Crippen LogP contribution >= 0.6 is 11.6 Å². The molecule has 0 aliphatic carbocycles. The SMILES string of the molecule is Cc1cc(S(=O)(=O)NC(=O)c2ccc(N3CCN(CC4=C(c5ccc(Cl)cc5)CCOC4)CC3)cc2)ccc1N. The smallest absolute Gasteiger partial charge is 0.264 e. The van der Waals surface area contributed by atoms with Crippen LogP contribution in [-0.2, 0) is 14.8 Å². The van der Waals surface area contributed by atoms with E-state index >= 15 is 0 Å². The van der Waals surface area contributed by atoms with Gasteiger partial charge in [-0.15, -0.1) is 0 Å². The second-order valence-corrected chi connectivity index (χ2v) is 12.3. The summed E-state index contributed by atoms with van der Waals surface area (Å²) in [6, 6.07) is 19.4. The van der Waals surface area contributed by atoms with Crippen LogP contribution in [0.1, 0.15) is 27.9 Å². The number of carbonyl (C=O) groups is 1. The number of nitrogens with two attached hydrogens (primary N) is 1. The molecule has 3 N–H and O–H groups in total. The van der Waals surface area contributed by atoms with E-state index < -0.39 is 15.9 Å². The number of hydrogen-bond acceptors (Lipinski definition) is 7. The van der Waals surface area contributed by atoms with E-state index in [1.807, 2.05) is 24.3 Å². The molecule has 2 heterocycles. The molecule has 10 heteroatoms. The van der Waals surface area contributed by atoms with Crippen molar-refractivity contribution in [2.45, 2.75) is 18.2 Å². The molecule has 3 aromatic carbocycles. The fraction of sp³-hybridized carbons (Fsp3) is 0.300. The van der Waals surface area contributed by atoms with E-state index in [2.05, 4.69) is 26.7 Å². The number of aryl methyl sites for hydroxylation is 1. The van der Waals surface area contributed by atoms with Crippen LogP contribution in [0, 0.1) is 6.92 Å². The van der Waals surface area contributed by atoms with E-state index in [4.69, 9.17) is 22.1 Å². The third-order valence-electron chi connectivity index (χ3n) is 7.45. The Morgan fingerprint density at radius 2 is 1.70 bits per heavy atom. The summed E-state index contributed by atoms with van der Waals surface area (Å²) in [5, 5.41) is 0.737. The number of benzene rings is 3. The van der Waals surface area contributed by atoms with Gasteiger partial charge < -0.3 is 15.4 Å². The van der Waals surface area contributed by atoms with Gasteiger partial charge in [0.05, 0.1) is 18.1 Å². The van der Waals surface area contributed by atoms with Gasteiger partial charge in [-0.25, -0.2) is 13.1 Å². The van der Waals surface area contributed by atoms with E-state index in [1.54, 1.807) is 19.1 Å². The van der Waals surface area contributed by atoms with Gasteiger partial charge in [0.2, 0.25) is 0 Å². The highest BCUT2D eigenvalue weighted by Gasteiger charge is 2.23. The molecular weight excluding hydrogens is 548 g/mol. The lowest BCUT2D eigenvalue weighted by molar-refractivity contribution is 0.0981. The summed E-state index contributed by atoms with van der Waals surface area (Å²) >= 11 is 6.09. The predicted octanol–water partition coefficient (Wildman–Crippen LogP) is 4.35. The Bertz CT molecular complexity index is 1510. The molecule has 2 aliphatic heterocycles. The molecule has 3 aromatic rings. The Kier molecular flexibility index (Phi) is 8.46. The Labute approximate surface area is 240 Å². The maximum atomic E-state index is 12.7. The fourth-order valence-electron chi connectivity index (χ4n) is 5.09. The van der Waals surface area contributed by atoms with Crippen molar-refractivity contribution >= 4 is 44.5 Å². The van der Waals surface area contributed by atoms with E-state index in [-0.39, 0.29) is 10.5 Å². The molecule has 0 unspecified atom stereocenters. The standard InChI is InChI=1S/C30H33ClN4O4S/c1-21-18-27(10-11-29(21)32)40(37,38)33-30(36)23-4-8-26(9-5-23)35-15-13-34(14-16-35)19-24-20-39-17-12-28(24)22-2-6-25(31)7-3-22/h2-11,18H,12-17,19-20,32H2,1H3,(H,33,36).